The van der Waals surface area contributed by atoms with Gasteiger partial charge in [-0.3, -0.25) is 4.79 Å². The van der Waals surface area contributed by atoms with Crippen LogP contribution in [0.5, 0.6) is 11.6 Å². The van der Waals surface area contributed by atoms with Crippen LogP contribution in [-0.2, 0) is 0 Å². The molecule has 0 radical (unpaired) electrons. The second-order valence-electron chi connectivity index (χ2n) is 6.95. The largest absolute Gasteiger partial charge is 0.508 e. The van der Waals surface area contributed by atoms with Gasteiger partial charge in [-0.05, 0) is 42.3 Å². The molecular weight excluding hydrogens is 394 g/mol. The summed E-state index contributed by atoms with van der Waals surface area (Å²) in [5.74, 6) is -0.706. The SMILES string of the molecule is Cc1ccc(C(NC(=O)c2cnc(-c3cccnn3)nc2O)c2ccc(O)cc2)cc1. The van der Waals surface area contributed by atoms with Crippen LogP contribution in [-0.4, -0.2) is 36.3 Å². The van der Waals surface area contributed by atoms with Crippen molar-refractivity contribution in [2.24, 2.45) is 0 Å². The number of nitrogens with zero attached hydrogens (tertiary/aromatic N) is 4. The number of carbonyl (C=O) groups excluding carboxylic acids is 1. The van der Waals surface area contributed by atoms with Crippen molar-refractivity contribution in [3.05, 3.63) is 95.3 Å². The Hall–Kier alpha value is -4.33. The van der Waals surface area contributed by atoms with E-state index in [0.29, 0.717) is 5.69 Å². The number of phenols is 1. The van der Waals surface area contributed by atoms with Crippen molar-refractivity contribution in [2.75, 3.05) is 0 Å². The molecule has 3 N–H and O–H groups in total. The van der Waals surface area contributed by atoms with Crippen LogP contribution in [0.2, 0.25) is 0 Å². The zero-order valence-electron chi connectivity index (χ0n) is 16.6. The molecule has 8 heteroatoms. The van der Waals surface area contributed by atoms with Crippen LogP contribution in [0.25, 0.3) is 11.5 Å². The van der Waals surface area contributed by atoms with Crippen molar-refractivity contribution >= 4 is 5.91 Å². The van der Waals surface area contributed by atoms with Crippen molar-refractivity contribution in [1.29, 1.82) is 0 Å². The quantitative estimate of drug-likeness (QED) is 0.459. The summed E-state index contributed by atoms with van der Waals surface area (Å²) in [6, 6.07) is 17.1. The number of hydrogen-bond acceptors (Lipinski definition) is 7. The van der Waals surface area contributed by atoms with Crippen molar-refractivity contribution in [3.8, 4) is 23.1 Å². The molecule has 1 amide bonds. The van der Waals surface area contributed by atoms with Gasteiger partial charge in [0, 0.05) is 12.4 Å². The van der Waals surface area contributed by atoms with E-state index in [1.54, 1.807) is 36.4 Å². The Morgan fingerprint density at radius 3 is 2.26 bits per heavy atom. The maximum absolute atomic E-state index is 13.0. The highest BCUT2D eigenvalue weighted by atomic mass is 16.3. The number of benzene rings is 2. The van der Waals surface area contributed by atoms with E-state index in [9.17, 15) is 15.0 Å². The normalized spacial score (nSPS) is 11.6. The summed E-state index contributed by atoms with van der Waals surface area (Å²) < 4.78 is 0. The van der Waals surface area contributed by atoms with Crippen LogP contribution >= 0.6 is 0 Å². The Labute approximate surface area is 178 Å². The summed E-state index contributed by atoms with van der Waals surface area (Å²) in [7, 11) is 0. The Bertz CT molecular complexity index is 1150. The number of hydrogen-bond donors (Lipinski definition) is 3. The maximum atomic E-state index is 13.0. The van der Waals surface area contributed by atoms with Crippen LogP contribution in [0.15, 0.2) is 73.1 Å². The average Bonchev–Trinajstić information content (AvgIpc) is 2.79. The molecule has 0 aliphatic heterocycles. The van der Waals surface area contributed by atoms with Crippen LogP contribution in [0.4, 0.5) is 0 Å². The van der Waals surface area contributed by atoms with Gasteiger partial charge in [-0.25, -0.2) is 4.98 Å². The summed E-state index contributed by atoms with van der Waals surface area (Å²) in [4.78, 5) is 21.1. The van der Waals surface area contributed by atoms with Gasteiger partial charge >= 0.3 is 0 Å². The predicted octanol–water partition coefficient (Wildman–Crippen LogP) is 3.17. The second kappa shape index (κ2) is 8.58. The minimum atomic E-state index is -0.540. The highest BCUT2D eigenvalue weighted by molar-refractivity contribution is 5.96. The zero-order valence-corrected chi connectivity index (χ0v) is 16.6. The first kappa shape index (κ1) is 20.0. The van der Waals surface area contributed by atoms with Gasteiger partial charge in [0.2, 0.25) is 5.88 Å². The number of aromatic hydroxyl groups is 2. The predicted molar refractivity (Wildman–Crippen MR) is 113 cm³/mol. The summed E-state index contributed by atoms with van der Waals surface area (Å²) in [5, 5.41) is 30.5. The van der Waals surface area contributed by atoms with E-state index in [-0.39, 0.29) is 17.1 Å². The minimum absolute atomic E-state index is 0.0662. The summed E-state index contributed by atoms with van der Waals surface area (Å²) in [6.45, 7) is 1.98. The molecule has 0 saturated carbocycles. The number of rotatable bonds is 5. The molecule has 8 nitrogen and oxygen atoms in total. The van der Waals surface area contributed by atoms with Crippen molar-refractivity contribution in [3.63, 3.8) is 0 Å². The average molecular weight is 413 g/mol. The summed E-state index contributed by atoms with van der Waals surface area (Å²) in [6.07, 6.45) is 2.77. The first-order valence-corrected chi connectivity index (χ1v) is 9.51. The first-order valence-electron chi connectivity index (χ1n) is 9.51. The number of nitrogens with one attached hydrogen (secondary N) is 1. The number of amides is 1. The molecule has 0 aliphatic rings. The molecule has 0 saturated heterocycles. The minimum Gasteiger partial charge on any atom is -0.508 e. The molecule has 31 heavy (non-hydrogen) atoms. The zero-order chi connectivity index (χ0) is 21.8. The summed E-state index contributed by atoms with van der Waals surface area (Å²) >= 11 is 0. The highest BCUT2D eigenvalue weighted by Gasteiger charge is 2.21. The van der Waals surface area contributed by atoms with Gasteiger partial charge in [0.15, 0.2) is 5.82 Å². The lowest BCUT2D eigenvalue weighted by molar-refractivity contribution is 0.0939. The van der Waals surface area contributed by atoms with Gasteiger partial charge in [0.1, 0.15) is 17.0 Å². The standard InChI is InChI=1S/C23H19N5O3/c1-14-4-6-15(7-5-14)20(16-8-10-17(29)11-9-16)26-22(30)18-13-24-21(27-23(18)31)19-3-2-12-25-28-19/h2-13,20,29H,1H3,(H,26,30)(H,24,27,31). The van der Waals surface area contributed by atoms with E-state index in [0.717, 1.165) is 16.7 Å². The molecular formula is C23H19N5O3. The third-order valence-corrected chi connectivity index (χ3v) is 4.73. The molecule has 154 valence electrons. The van der Waals surface area contributed by atoms with Gasteiger partial charge in [-0.15, -0.1) is 5.10 Å². The van der Waals surface area contributed by atoms with E-state index >= 15 is 0 Å². The molecule has 0 fully saturated rings. The fourth-order valence-electron chi connectivity index (χ4n) is 3.07. The highest BCUT2D eigenvalue weighted by Crippen LogP contribution is 2.26. The van der Waals surface area contributed by atoms with Crippen molar-refractivity contribution < 1.29 is 15.0 Å². The van der Waals surface area contributed by atoms with Crippen LogP contribution < -0.4 is 5.32 Å². The van der Waals surface area contributed by atoms with Crippen LogP contribution in [0.1, 0.15) is 33.1 Å². The number of aromatic nitrogens is 4. The van der Waals surface area contributed by atoms with Crippen LogP contribution in [0.3, 0.4) is 0 Å². The van der Waals surface area contributed by atoms with E-state index < -0.39 is 17.8 Å². The van der Waals surface area contributed by atoms with Gasteiger partial charge in [0.25, 0.3) is 5.91 Å². The lowest BCUT2D eigenvalue weighted by atomic mass is 9.97. The molecule has 4 rings (SSSR count). The lowest BCUT2D eigenvalue weighted by Gasteiger charge is -2.20. The Morgan fingerprint density at radius 1 is 0.968 bits per heavy atom. The molecule has 0 aliphatic carbocycles. The van der Waals surface area contributed by atoms with Crippen molar-refractivity contribution in [2.45, 2.75) is 13.0 Å². The monoisotopic (exact) mass is 413 g/mol. The fraction of sp³-hybridized carbons (Fsp3) is 0.0870. The molecule has 4 aromatic rings. The smallest absolute Gasteiger partial charge is 0.259 e. The molecule has 2 aromatic carbocycles. The molecule has 0 spiro atoms. The van der Waals surface area contributed by atoms with E-state index in [4.69, 9.17) is 0 Å². The lowest BCUT2D eigenvalue weighted by Crippen LogP contribution is -2.29. The Balaban J connectivity index is 1.64. The Kier molecular flexibility index (Phi) is 5.53. The van der Waals surface area contributed by atoms with E-state index in [1.807, 2.05) is 31.2 Å². The second-order valence-corrected chi connectivity index (χ2v) is 6.95. The van der Waals surface area contributed by atoms with E-state index in [2.05, 4.69) is 25.5 Å². The molecule has 0 bridgehead atoms. The third-order valence-electron chi connectivity index (χ3n) is 4.73. The number of carbonyl (C=O) groups is 1. The van der Waals surface area contributed by atoms with Gasteiger partial charge in [-0.2, -0.15) is 10.1 Å². The number of aryl methyl sites for hydroxylation is 1. The first-order chi connectivity index (χ1) is 15.0. The maximum Gasteiger partial charge on any atom is 0.259 e. The molecule has 2 aromatic heterocycles. The van der Waals surface area contributed by atoms with Crippen LogP contribution in [0, 0.1) is 6.92 Å². The Morgan fingerprint density at radius 2 is 1.65 bits per heavy atom. The van der Waals surface area contributed by atoms with E-state index in [1.165, 1.54) is 12.4 Å². The number of phenolic OH excluding ortho intramolecular Hbond substituents is 1. The van der Waals surface area contributed by atoms with Gasteiger partial charge < -0.3 is 15.5 Å². The topological polar surface area (TPSA) is 121 Å². The molecule has 1 atom stereocenters. The van der Waals surface area contributed by atoms with Gasteiger partial charge in [-0.1, -0.05) is 42.0 Å². The summed E-state index contributed by atoms with van der Waals surface area (Å²) in [5.41, 5.74) is 3.02. The van der Waals surface area contributed by atoms with Crippen molar-refractivity contribution in [1.82, 2.24) is 25.5 Å². The van der Waals surface area contributed by atoms with Gasteiger partial charge in [0.05, 0.1) is 6.04 Å². The molecule has 2 heterocycles. The fourth-order valence-corrected chi connectivity index (χ4v) is 3.07. The third kappa shape index (κ3) is 4.48. The molecule has 1 unspecified atom stereocenters.